The molecular weight excluding hydrogens is 508 g/mol. The van der Waals surface area contributed by atoms with Crippen LogP contribution in [0.2, 0.25) is 0 Å². The summed E-state index contributed by atoms with van der Waals surface area (Å²) in [7, 11) is -3.85. The fourth-order valence-corrected chi connectivity index (χ4v) is 5.72. The summed E-state index contributed by atoms with van der Waals surface area (Å²) >= 11 is 4.95. The lowest BCUT2D eigenvalue weighted by atomic mass is 10.2. The maximum absolute atomic E-state index is 13.4. The lowest BCUT2D eigenvalue weighted by Crippen LogP contribution is -2.42. The Hall–Kier alpha value is -2.26. The molecule has 0 fully saturated rings. The summed E-state index contributed by atoms with van der Waals surface area (Å²) in [6.45, 7) is 6.30. The monoisotopic (exact) mass is 532 g/mol. The van der Waals surface area contributed by atoms with Crippen LogP contribution in [0.3, 0.4) is 0 Å². The first-order valence-electron chi connectivity index (χ1n) is 10.0. The Morgan fingerprint density at radius 3 is 2.31 bits per heavy atom. The Morgan fingerprint density at radius 2 is 1.72 bits per heavy atom. The molecule has 3 aromatic rings. The highest BCUT2D eigenvalue weighted by Crippen LogP contribution is 2.21. The number of sulfonamides is 1. The fraction of sp³-hybridized carbons (Fsp3) is 0.208. The average Bonchev–Trinajstić information content (AvgIpc) is 3.18. The van der Waals surface area contributed by atoms with Crippen LogP contribution in [0.25, 0.3) is 0 Å². The van der Waals surface area contributed by atoms with Crippen molar-refractivity contribution in [3.63, 3.8) is 0 Å². The van der Waals surface area contributed by atoms with Crippen LogP contribution in [0.1, 0.15) is 15.3 Å². The van der Waals surface area contributed by atoms with Crippen molar-refractivity contribution in [1.82, 2.24) is 9.21 Å². The van der Waals surface area contributed by atoms with Gasteiger partial charge >= 0.3 is 0 Å². The van der Waals surface area contributed by atoms with Gasteiger partial charge < -0.3 is 4.90 Å². The van der Waals surface area contributed by atoms with Gasteiger partial charge in [0.2, 0.25) is 15.9 Å². The van der Waals surface area contributed by atoms with E-state index in [2.05, 4.69) is 22.5 Å². The molecule has 3 rings (SSSR count). The second-order valence-electron chi connectivity index (χ2n) is 7.29. The third-order valence-corrected chi connectivity index (χ3v) is 8.15. The maximum Gasteiger partial charge on any atom is 0.243 e. The maximum atomic E-state index is 13.4. The molecule has 0 aliphatic rings. The highest BCUT2D eigenvalue weighted by Gasteiger charge is 2.28. The molecule has 32 heavy (non-hydrogen) atoms. The van der Waals surface area contributed by atoms with Crippen molar-refractivity contribution in [2.45, 2.75) is 24.9 Å². The second-order valence-corrected chi connectivity index (χ2v) is 11.5. The van der Waals surface area contributed by atoms with Crippen LogP contribution in [-0.4, -0.2) is 36.6 Å². The van der Waals surface area contributed by atoms with Gasteiger partial charge in [0.05, 0.1) is 18.0 Å². The van der Waals surface area contributed by atoms with Crippen LogP contribution in [0, 0.1) is 6.92 Å². The molecule has 1 aromatic heterocycles. The number of carbonyl (C=O) groups is 1. The van der Waals surface area contributed by atoms with Crippen LogP contribution in [-0.2, 0) is 27.9 Å². The number of benzene rings is 2. The number of thiophene rings is 1. The minimum absolute atomic E-state index is 0.0431. The van der Waals surface area contributed by atoms with Gasteiger partial charge in [0.15, 0.2) is 0 Å². The molecule has 0 radical (unpaired) electrons. The predicted octanol–water partition coefficient (Wildman–Crippen LogP) is 5.22. The zero-order valence-electron chi connectivity index (χ0n) is 17.8. The molecule has 0 atom stereocenters. The van der Waals surface area contributed by atoms with Crippen LogP contribution < -0.4 is 0 Å². The lowest BCUT2D eigenvalue weighted by Gasteiger charge is -2.26. The smallest absolute Gasteiger partial charge is 0.243 e. The molecule has 0 saturated carbocycles. The molecule has 0 saturated heterocycles. The van der Waals surface area contributed by atoms with E-state index in [1.807, 2.05) is 49.4 Å². The summed E-state index contributed by atoms with van der Waals surface area (Å²) < 4.78 is 28.4. The summed E-state index contributed by atoms with van der Waals surface area (Å²) in [6.07, 6.45) is 1.49. The Bertz CT molecular complexity index is 1160. The minimum Gasteiger partial charge on any atom is -0.332 e. The average molecular weight is 534 g/mol. The Balaban J connectivity index is 1.85. The number of amides is 1. The van der Waals surface area contributed by atoms with E-state index in [-0.39, 0.29) is 23.9 Å². The molecule has 0 bridgehead atoms. The molecule has 1 heterocycles. The molecule has 8 heteroatoms. The molecule has 0 unspecified atom stereocenters. The number of nitrogens with zero attached hydrogens (tertiary/aromatic N) is 2. The summed E-state index contributed by atoms with van der Waals surface area (Å²) in [5.74, 6) is -0.262. The van der Waals surface area contributed by atoms with Crippen molar-refractivity contribution in [2.24, 2.45) is 0 Å². The molecule has 0 aliphatic heterocycles. The summed E-state index contributed by atoms with van der Waals surface area (Å²) in [5, 5.41) is 0. The van der Waals surface area contributed by atoms with Gasteiger partial charge in [-0.05, 0) is 48.9 Å². The largest absolute Gasteiger partial charge is 0.332 e. The summed E-state index contributed by atoms with van der Waals surface area (Å²) in [6, 6.07) is 20.1. The van der Waals surface area contributed by atoms with Gasteiger partial charge in [-0.3, -0.25) is 4.79 Å². The van der Waals surface area contributed by atoms with E-state index in [0.29, 0.717) is 13.1 Å². The zero-order valence-corrected chi connectivity index (χ0v) is 21.0. The highest BCUT2D eigenvalue weighted by atomic mass is 79.9. The minimum atomic E-state index is -3.85. The number of aryl methyl sites for hydroxylation is 1. The van der Waals surface area contributed by atoms with Gasteiger partial charge in [-0.25, -0.2) is 8.42 Å². The quantitative estimate of drug-likeness (QED) is 0.336. The number of halogens is 1. The topological polar surface area (TPSA) is 57.7 Å². The van der Waals surface area contributed by atoms with Crippen LogP contribution in [0.5, 0.6) is 0 Å². The van der Waals surface area contributed by atoms with Gasteiger partial charge in [0, 0.05) is 27.3 Å². The molecular formula is C24H25BrN2O3S2. The highest BCUT2D eigenvalue weighted by molar-refractivity contribution is 9.10. The van der Waals surface area contributed by atoms with Crippen molar-refractivity contribution >= 4 is 43.2 Å². The van der Waals surface area contributed by atoms with Crippen LogP contribution in [0.4, 0.5) is 0 Å². The van der Waals surface area contributed by atoms with Crippen molar-refractivity contribution in [2.75, 3.05) is 13.1 Å². The van der Waals surface area contributed by atoms with Gasteiger partial charge in [-0.15, -0.1) is 17.9 Å². The molecule has 0 N–H and O–H groups in total. The summed E-state index contributed by atoms with van der Waals surface area (Å²) in [4.78, 5) is 17.4. The van der Waals surface area contributed by atoms with E-state index in [4.69, 9.17) is 0 Å². The van der Waals surface area contributed by atoms with E-state index in [1.165, 1.54) is 27.4 Å². The SMILES string of the molecule is C=CCN(CC(=O)N(Cc1ccccc1)Cc1ccc(C)s1)S(=O)(=O)c1ccc(Br)cc1. The molecule has 1 amide bonds. The van der Waals surface area contributed by atoms with E-state index in [0.717, 1.165) is 14.9 Å². The Kier molecular flexibility index (Phi) is 8.42. The third kappa shape index (κ3) is 6.38. The summed E-state index contributed by atoms with van der Waals surface area (Å²) in [5.41, 5.74) is 0.986. The predicted molar refractivity (Wildman–Crippen MR) is 133 cm³/mol. The van der Waals surface area contributed by atoms with Gasteiger partial charge in [-0.1, -0.05) is 52.3 Å². The molecule has 0 aliphatic carbocycles. The van der Waals surface area contributed by atoms with Crippen molar-refractivity contribution in [3.05, 3.63) is 99.2 Å². The fourth-order valence-electron chi connectivity index (χ4n) is 3.19. The van der Waals surface area contributed by atoms with E-state index in [9.17, 15) is 13.2 Å². The van der Waals surface area contributed by atoms with Gasteiger partial charge in [0.25, 0.3) is 0 Å². The normalized spacial score (nSPS) is 11.5. The first-order chi connectivity index (χ1) is 15.3. The zero-order chi connectivity index (χ0) is 23.1. The van der Waals surface area contributed by atoms with E-state index in [1.54, 1.807) is 28.4 Å². The first-order valence-corrected chi connectivity index (χ1v) is 13.1. The number of rotatable bonds is 10. The van der Waals surface area contributed by atoms with Crippen molar-refractivity contribution in [3.8, 4) is 0 Å². The standard InChI is InChI=1S/C24H25BrN2O3S2/c1-3-15-27(32(29,30)23-13-10-21(25)11-14-23)18-24(28)26(16-20-7-5-4-6-8-20)17-22-12-9-19(2)31-22/h3-14H,1,15-18H2,2H3. The molecule has 0 spiro atoms. The number of hydrogen-bond donors (Lipinski definition) is 0. The molecule has 5 nitrogen and oxygen atoms in total. The third-order valence-electron chi connectivity index (χ3n) is 4.81. The Labute approximate surface area is 202 Å². The second kappa shape index (κ2) is 11.0. The van der Waals surface area contributed by atoms with Crippen LogP contribution >= 0.6 is 27.3 Å². The lowest BCUT2D eigenvalue weighted by molar-refractivity contribution is -0.132. The first kappa shape index (κ1) is 24.4. The van der Waals surface area contributed by atoms with Crippen molar-refractivity contribution in [1.29, 1.82) is 0 Å². The van der Waals surface area contributed by atoms with Gasteiger partial charge in [0.1, 0.15) is 0 Å². The number of hydrogen-bond acceptors (Lipinski definition) is 4. The van der Waals surface area contributed by atoms with Gasteiger partial charge in [-0.2, -0.15) is 4.31 Å². The number of carbonyl (C=O) groups excluding carboxylic acids is 1. The van der Waals surface area contributed by atoms with E-state index < -0.39 is 10.0 Å². The van der Waals surface area contributed by atoms with Crippen LogP contribution in [0.15, 0.2) is 88.8 Å². The van der Waals surface area contributed by atoms with E-state index >= 15 is 0 Å². The van der Waals surface area contributed by atoms with Crippen molar-refractivity contribution < 1.29 is 13.2 Å². The molecule has 168 valence electrons. The Morgan fingerprint density at radius 1 is 1.03 bits per heavy atom. The molecule has 2 aromatic carbocycles.